The van der Waals surface area contributed by atoms with Crippen LogP contribution >= 0.6 is 0 Å². The molecule has 30 heavy (non-hydrogen) atoms. The minimum Gasteiger partial charge on any atom is -0.369 e. The molecule has 2 aromatic rings. The van der Waals surface area contributed by atoms with Gasteiger partial charge in [-0.1, -0.05) is 24.3 Å². The van der Waals surface area contributed by atoms with Crippen LogP contribution in [0.1, 0.15) is 24.0 Å². The summed E-state index contributed by atoms with van der Waals surface area (Å²) >= 11 is 0. The van der Waals surface area contributed by atoms with Gasteiger partial charge in [-0.15, -0.1) is 0 Å². The Bertz CT molecular complexity index is 891. The van der Waals surface area contributed by atoms with Gasteiger partial charge in [-0.3, -0.25) is 9.69 Å². The van der Waals surface area contributed by atoms with Crippen LogP contribution in [0.3, 0.4) is 0 Å². The molecular weight excluding hydrogens is 391 g/mol. The highest BCUT2D eigenvalue weighted by molar-refractivity contribution is 5.96. The number of halogens is 3. The first kappa shape index (κ1) is 20.7. The SMILES string of the molecule is O=C1CCc2ccccc2N1CCCN1CCN(c2cccc(C(F)(F)F)c2)CC1. The average molecular weight is 417 g/mol. The third kappa shape index (κ3) is 4.61. The molecule has 0 radical (unpaired) electrons. The number of carbonyl (C=O) groups excluding carboxylic acids is 1. The smallest absolute Gasteiger partial charge is 0.369 e. The summed E-state index contributed by atoms with van der Waals surface area (Å²) in [5.74, 6) is 0.183. The van der Waals surface area contributed by atoms with E-state index in [1.165, 1.54) is 17.7 Å². The second-order valence-corrected chi connectivity index (χ2v) is 7.90. The van der Waals surface area contributed by atoms with Crippen LogP contribution in [-0.4, -0.2) is 50.1 Å². The molecule has 7 heteroatoms. The van der Waals surface area contributed by atoms with E-state index in [0.717, 1.165) is 44.2 Å². The fraction of sp³-hybridized carbons (Fsp3) is 0.435. The van der Waals surface area contributed by atoms with Crippen molar-refractivity contribution in [2.75, 3.05) is 49.1 Å². The molecule has 160 valence electrons. The van der Waals surface area contributed by atoms with Gasteiger partial charge in [-0.05, 0) is 49.2 Å². The summed E-state index contributed by atoms with van der Waals surface area (Å²) in [6.45, 7) is 4.59. The normalized spacial score (nSPS) is 17.9. The molecule has 1 fully saturated rings. The number of rotatable bonds is 5. The number of hydrogen-bond acceptors (Lipinski definition) is 3. The summed E-state index contributed by atoms with van der Waals surface area (Å²) in [5.41, 5.74) is 2.28. The van der Waals surface area contributed by atoms with E-state index in [0.29, 0.717) is 31.7 Å². The first-order chi connectivity index (χ1) is 14.4. The lowest BCUT2D eigenvalue weighted by Crippen LogP contribution is -2.47. The van der Waals surface area contributed by atoms with E-state index in [-0.39, 0.29) is 5.91 Å². The first-order valence-corrected chi connectivity index (χ1v) is 10.4. The lowest BCUT2D eigenvalue weighted by atomic mass is 10.0. The van der Waals surface area contributed by atoms with Crippen LogP contribution in [0.25, 0.3) is 0 Å². The molecule has 4 nitrogen and oxygen atoms in total. The highest BCUT2D eigenvalue weighted by Gasteiger charge is 2.31. The Hall–Kier alpha value is -2.54. The van der Waals surface area contributed by atoms with Gasteiger partial charge in [0.25, 0.3) is 0 Å². The lowest BCUT2D eigenvalue weighted by Gasteiger charge is -2.37. The van der Waals surface area contributed by atoms with Crippen LogP contribution in [0, 0.1) is 0 Å². The maximum atomic E-state index is 13.0. The monoisotopic (exact) mass is 417 g/mol. The predicted molar refractivity (Wildman–Crippen MR) is 112 cm³/mol. The van der Waals surface area contributed by atoms with Crippen LogP contribution in [0.2, 0.25) is 0 Å². The molecule has 0 aliphatic carbocycles. The van der Waals surface area contributed by atoms with Crippen molar-refractivity contribution in [1.29, 1.82) is 0 Å². The van der Waals surface area contributed by atoms with Gasteiger partial charge in [0.2, 0.25) is 5.91 Å². The van der Waals surface area contributed by atoms with Crippen LogP contribution in [0.4, 0.5) is 24.5 Å². The van der Waals surface area contributed by atoms with Crippen molar-refractivity contribution in [2.45, 2.75) is 25.4 Å². The van der Waals surface area contributed by atoms with Gasteiger partial charge < -0.3 is 9.80 Å². The number of fused-ring (bicyclic) bond motifs is 1. The molecule has 0 spiro atoms. The average Bonchev–Trinajstić information content (AvgIpc) is 2.75. The second-order valence-electron chi connectivity index (χ2n) is 7.90. The number of para-hydroxylation sites is 1. The number of nitrogens with zero attached hydrogens (tertiary/aromatic N) is 3. The zero-order valence-electron chi connectivity index (χ0n) is 16.9. The zero-order valence-corrected chi connectivity index (χ0v) is 16.9. The van der Waals surface area contributed by atoms with Gasteiger partial charge in [0.05, 0.1) is 5.56 Å². The summed E-state index contributed by atoms with van der Waals surface area (Å²) in [6, 6.07) is 13.6. The summed E-state index contributed by atoms with van der Waals surface area (Å²) < 4.78 is 38.9. The van der Waals surface area contributed by atoms with Gasteiger partial charge in [-0.2, -0.15) is 13.2 Å². The molecule has 0 N–H and O–H groups in total. The number of benzene rings is 2. The van der Waals surface area contributed by atoms with Gasteiger partial charge in [-0.25, -0.2) is 0 Å². The summed E-state index contributed by atoms with van der Waals surface area (Å²) in [5, 5.41) is 0. The van der Waals surface area contributed by atoms with Crippen molar-refractivity contribution < 1.29 is 18.0 Å². The fourth-order valence-corrected chi connectivity index (χ4v) is 4.30. The van der Waals surface area contributed by atoms with Gasteiger partial charge in [0.1, 0.15) is 0 Å². The minimum absolute atomic E-state index is 0.183. The van der Waals surface area contributed by atoms with Crippen LogP contribution in [0.15, 0.2) is 48.5 Å². The minimum atomic E-state index is -4.32. The molecule has 0 atom stereocenters. The molecule has 2 aliphatic heterocycles. The Kier molecular flexibility index (Phi) is 5.99. The summed E-state index contributed by atoms with van der Waals surface area (Å²) in [4.78, 5) is 18.6. The molecular formula is C23H26F3N3O. The van der Waals surface area contributed by atoms with Crippen LogP contribution in [-0.2, 0) is 17.4 Å². The van der Waals surface area contributed by atoms with E-state index in [4.69, 9.17) is 0 Å². The highest BCUT2D eigenvalue weighted by Crippen LogP contribution is 2.32. The number of piperazine rings is 1. The van der Waals surface area contributed by atoms with Crippen molar-refractivity contribution in [3.63, 3.8) is 0 Å². The van der Waals surface area contributed by atoms with E-state index in [9.17, 15) is 18.0 Å². The number of aryl methyl sites for hydroxylation is 1. The topological polar surface area (TPSA) is 26.8 Å². The molecule has 0 aromatic heterocycles. The number of amides is 1. The lowest BCUT2D eigenvalue weighted by molar-refractivity contribution is -0.137. The van der Waals surface area contributed by atoms with E-state index < -0.39 is 11.7 Å². The number of anilines is 2. The predicted octanol–water partition coefficient (Wildman–Crippen LogP) is 4.20. The Labute approximate surface area is 174 Å². The Balaban J connectivity index is 1.28. The molecule has 0 saturated carbocycles. The van der Waals surface area contributed by atoms with Crippen molar-refractivity contribution in [1.82, 2.24) is 4.90 Å². The highest BCUT2D eigenvalue weighted by atomic mass is 19.4. The van der Waals surface area contributed by atoms with E-state index >= 15 is 0 Å². The quantitative estimate of drug-likeness (QED) is 0.730. The fourth-order valence-electron chi connectivity index (χ4n) is 4.30. The third-order valence-electron chi connectivity index (χ3n) is 5.96. The summed E-state index contributed by atoms with van der Waals surface area (Å²) in [6.07, 6.45) is -2.07. The molecule has 2 aliphatic rings. The molecule has 0 unspecified atom stereocenters. The Morgan fingerprint density at radius 2 is 1.63 bits per heavy atom. The summed E-state index contributed by atoms with van der Waals surface area (Å²) in [7, 11) is 0. The molecule has 2 heterocycles. The van der Waals surface area contributed by atoms with Gasteiger partial charge in [0, 0.05) is 50.5 Å². The van der Waals surface area contributed by atoms with Crippen molar-refractivity contribution in [2.24, 2.45) is 0 Å². The van der Waals surface area contributed by atoms with E-state index in [2.05, 4.69) is 11.0 Å². The van der Waals surface area contributed by atoms with Gasteiger partial charge in [0.15, 0.2) is 0 Å². The van der Waals surface area contributed by atoms with Crippen molar-refractivity contribution in [3.05, 3.63) is 59.7 Å². The van der Waals surface area contributed by atoms with Crippen LogP contribution in [0.5, 0.6) is 0 Å². The number of alkyl halides is 3. The van der Waals surface area contributed by atoms with E-state index in [1.54, 1.807) is 6.07 Å². The molecule has 1 amide bonds. The maximum absolute atomic E-state index is 13.0. The van der Waals surface area contributed by atoms with Crippen LogP contribution < -0.4 is 9.80 Å². The standard InChI is InChI=1S/C23H26F3N3O/c24-23(25,26)19-6-3-7-20(17-19)28-15-13-27(14-16-28)11-4-12-29-21-8-2-1-5-18(21)9-10-22(29)30/h1-3,5-8,17H,4,9-16H2. The van der Waals surface area contributed by atoms with Crippen molar-refractivity contribution >= 4 is 17.3 Å². The largest absolute Gasteiger partial charge is 0.416 e. The van der Waals surface area contributed by atoms with E-state index in [1.807, 2.05) is 28.0 Å². The van der Waals surface area contributed by atoms with Gasteiger partial charge >= 0.3 is 6.18 Å². The molecule has 0 bridgehead atoms. The maximum Gasteiger partial charge on any atom is 0.416 e. The molecule has 1 saturated heterocycles. The number of hydrogen-bond donors (Lipinski definition) is 0. The van der Waals surface area contributed by atoms with Crippen molar-refractivity contribution in [3.8, 4) is 0 Å². The third-order valence-corrected chi connectivity index (χ3v) is 5.96. The zero-order chi connectivity index (χ0) is 21.1. The Morgan fingerprint density at radius 3 is 2.40 bits per heavy atom. The Morgan fingerprint density at radius 1 is 0.867 bits per heavy atom. The molecule has 4 rings (SSSR count). The number of carbonyl (C=O) groups is 1. The first-order valence-electron chi connectivity index (χ1n) is 10.4. The molecule has 2 aromatic carbocycles. The second kappa shape index (κ2) is 8.68.